The van der Waals surface area contributed by atoms with Gasteiger partial charge >= 0.3 is 0 Å². The topological polar surface area (TPSA) is 51.7 Å². The average Bonchev–Trinajstić information content (AvgIpc) is 3.16. The third-order valence-corrected chi connectivity index (χ3v) is 5.72. The van der Waals surface area contributed by atoms with Gasteiger partial charge in [-0.2, -0.15) is 0 Å². The van der Waals surface area contributed by atoms with E-state index in [2.05, 4.69) is 18.8 Å². The number of aryl methyl sites for hydroxylation is 1. The zero-order valence-corrected chi connectivity index (χ0v) is 14.3. The quantitative estimate of drug-likeness (QED) is 0.858. The number of likely N-dealkylation sites (tertiary alicyclic amines) is 1. The number of carbonyl (C=O) groups excluding carboxylic acids is 1. The molecule has 5 nitrogen and oxygen atoms in total. The molecule has 1 unspecified atom stereocenters. The van der Waals surface area contributed by atoms with Gasteiger partial charge in [-0.25, -0.2) is 4.98 Å². The van der Waals surface area contributed by atoms with Crippen LogP contribution in [0.15, 0.2) is 0 Å². The van der Waals surface area contributed by atoms with E-state index in [-0.39, 0.29) is 18.2 Å². The predicted octanol–water partition coefficient (Wildman–Crippen LogP) is 2.94. The molecule has 0 bridgehead atoms. The van der Waals surface area contributed by atoms with Gasteiger partial charge < -0.3 is 14.4 Å². The normalized spacial score (nSPS) is 23.5. The summed E-state index contributed by atoms with van der Waals surface area (Å²) in [7, 11) is 0. The first-order valence-electron chi connectivity index (χ1n) is 8.09. The summed E-state index contributed by atoms with van der Waals surface area (Å²) < 4.78 is 11.3. The maximum absolute atomic E-state index is 13.0. The fourth-order valence-electron chi connectivity index (χ4n) is 3.08. The highest BCUT2D eigenvalue weighted by atomic mass is 32.1. The second-order valence-corrected chi connectivity index (χ2v) is 7.32. The Bertz CT molecular complexity index is 537. The van der Waals surface area contributed by atoms with Crippen LogP contribution < -0.4 is 0 Å². The van der Waals surface area contributed by atoms with Crippen molar-refractivity contribution in [2.45, 2.75) is 58.3 Å². The summed E-state index contributed by atoms with van der Waals surface area (Å²) in [6, 6.07) is 0.0350. The van der Waals surface area contributed by atoms with Crippen LogP contribution in [0.25, 0.3) is 0 Å². The van der Waals surface area contributed by atoms with Crippen molar-refractivity contribution in [2.75, 3.05) is 19.8 Å². The van der Waals surface area contributed by atoms with E-state index in [9.17, 15) is 4.79 Å². The molecule has 2 aliphatic heterocycles. The van der Waals surface area contributed by atoms with E-state index in [4.69, 9.17) is 9.47 Å². The van der Waals surface area contributed by atoms with Gasteiger partial charge in [0, 0.05) is 12.5 Å². The maximum Gasteiger partial charge on any atom is 0.266 e. The van der Waals surface area contributed by atoms with Crippen LogP contribution in [0.3, 0.4) is 0 Å². The third-order valence-electron chi connectivity index (χ3n) is 4.27. The summed E-state index contributed by atoms with van der Waals surface area (Å²) in [6.07, 6.45) is 2.85. The molecule has 2 aliphatic rings. The minimum atomic E-state index is -0.262. The van der Waals surface area contributed by atoms with Gasteiger partial charge in [0.05, 0.1) is 30.0 Å². The van der Waals surface area contributed by atoms with Crippen LogP contribution in [0, 0.1) is 6.92 Å². The van der Waals surface area contributed by atoms with Gasteiger partial charge in [-0.15, -0.1) is 11.3 Å². The number of hydrogen-bond donors (Lipinski definition) is 0. The highest BCUT2D eigenvalue weighted by Gasteiger charge is 2.37. The van der Waals surface area contributed by atoms with Crippen molar-refractivity contribution in [1.82, 2.24) is 9.88 Å². The first kappa shape index (κ1) is 15.9. The van der Waals surface area contributed by atoms with Gasteiger partial charge in [-0.1, -0.05) is 13.8 Å². The van der Waals surface area contributed by atoms with Crippen LogP contribution in [0.2, 0.25) is 0 Å². The molecule has 0 radical (unpaired) electrons. The number of hydrogen-bond acceptors (Lipinski definition) is 5. The first-order chi connectivity index (χ1) is 10.6. The van der Waals surface area contributed by atoms with Crippen molar-refractivity contribution in [3.05, 3.63) is 15.6 Å². The Hall–Kier alpha value is -0.980. The van der Waals surface area contributed by atoms with E-state index in [1.165, 1.54) is 11.3 Å². The van der Waals surface area contributed by atoms with Gasteiger partial charge in [0.15, 0.2) is 6.29 Å². The number of thiazole rings is 1. The Labute approximate surface area is 135 Å². The summed E-state index contributed by atoms with van der Waals surface area (Å²) in [6.45, 7) is 8.17. The third kappa shape index (κ3) is 3.05. The van der Waals surface area contributed by atoms with Crippen LogP contribution in [-0.4, -0.2) is 47.9 Å². The first-order valence-corrected chi connectivity index (χ1v) is 8.91. The van der Waals surface area contributed by atoms with E-state index in [0.717, 1.165) is 41.4 Å². The van der Waals surface area contributed by atoms with Gasteiger partial charge in [0.25, 0.3) is 5.91 Å². The number of carbonyl (C=O) groups is 1. The van der Waals surface area contributed by atoms with Crippen LogP contribution >= 0.6 is 11.3 Å². The van der Waals surface area contributed by atoms with Crippen LogP contribution in [0.1, 0.15) is 59.4 Å². The van der Waals surface area contributed by atoms with Crippen molar-refractivity contribution >= 4 is 17.2 Å². The Morgan fingerprint density at radius 1 is 1.32 bits per heavy atom. The van der Waals surface area contributed by atoms with Crippen LogP contribution in [0.5, 0.6) is 0 Å². The lowest BCUT2D eigenvalue weighted by Crippen LogP contribution is -2.50. The molecular formula is C16H24N2O3S. The molecule has 6 heteroatoms. The number of piperidine rings is 1. The summed E-state index contributed by atoms with van der Waals surface area (Å²) in [4.78, 5) is 20.3. The zero-order valence-electron chi connectivity index (χ0n) is 13.5. The van der Waals surface area contributed by atoms with Gasteiger partial charge in [0.2, 0.25) is 0 Å². The predicted molar refractivity (Wildman–Crippen MR) is 85.3 cm³/mol. The molecule has 0 aliphatic carbocycles. The zero-order chi connectivity index (χ0) is 15.7. The van der Waals surface area contributed by atoms with Gasteiger partial charge in [-0.3, -0.25) is 4.79 Å². The standard InChI is InChI=1S/C16H24N2O3S/c1-10(2)14-17-11(3)13(22-14)15(19)18-7-5-4-6-12(18)16-20-8-9-21-16/h10,12,16H,4-9H2,1-3H3. The fourth-order valence-corrected chi connectivity index (χ4v) is 4.11. The van der Waals surface area contributed by atoms with Gasteiger partial charge in [-0.05, 0) is 26.2 Å². The minimum Gasteiger partial charge on any atom is -0.348 e. The van der Waals surface area contributed by atoms with Gasteiger partial charge in [0.1, 0.15) is 4.88 Å². The Balaban J connectivity index is 1.82. The Kier molecular flexibility index (Phi) is 4.80. The van der Waals surface area contributed by atoms with Crippen molar-refractivity contribution in [3.8, 4) is 0 Å². The maximum atomic E-state index is 13.0. The van der Waals surface area contributed by atoms with E-state index in [1.807, 2.05) is 11.8 Å². The summed E-state index contributed by atoms with van der Waals surface area (Å²) in [5.74, 6) is 0.439. The Morgan fingerprint density at radius 3 is 2.68 bits per heavy atom. The van der Waals surface area contributed by atoms with Crippen molar-refractivity contribution in [3.63, 3.8) is 0 Å². The number of aromatic nitrogens is 1. The molecule has 1 aromatic heterocycles. The molecule has 1 aromatic rings. The highest BCUT2D eigenvalue weighted by Crippen LogP contribution is 2.30. The molecule has 3 heterocycles. The molecule has 0 N–H and O–H groups in total. The van der Waals surface area contributed by atoms with E-state index < -0.39 is 0 Å². The molecule has 0 saturated carbocycles. The minimum absolute atomic E-state index is 0.0350. The summed E-state index contributed by atoms with van der Waals surface area (Å²) in [5.41, 5.74) is 0.844. The molecule has 122 valence electrons. The smallest absolute Gasteiger partial charge is 0.266 e. The lowest BCUT2D eigenvalue weighted by Gasteiger charge is -2.37. The molecule has 1 amide bonds. The summed E-state index contributed by atoms with van der Waals surface area (Å²) in [5, 5.41) is 1.03. The van der Waals surface area contributed by atoms with Crippen molar-refractivity contribution < 1.29 is 14.3 Å². The molecule has 1 atom stereocenters. The number of rotatable bonds is 3. The second kappa shape index (κ2) is 6.64. The molecule has 0 aromatic carbocycles. The molecule has 2 fully saturated rings. The SMILES string of the molecule is Cc1nc(C(C)C)sc1C(=O)N1CCCCC1C1OCCO1. The summed E-state index contributed by atoms with van der Waals surface area (Å²) >= 11 is 1.53. The van der Waals surface area contributed by atoms with Crippen LogP contribution in [-0.2, 0) is 9.47 Å². The molecule has 0 spiro atoms. The largest absolute Gasteiger partial charge is 0.348 e. The molecule has 22 heavy (non-hydrogen) atoms. The monoisotopic (exact) mass is 324 g/mol. The number of ether oxygens (including phenoxy) is 2. The number of amides is 1. The molecule has 3 rings (SSSR count). The lowest BCUT2D eigenvalue weighted by atomic mass is 10.0. The molecular weight excluding hydrogens is 300 g/mol. The van der Waals surface area contributed by atoms with Crippen molar-refractivity contribution in [2.24, 2.45) is 0 Å². The number of nitrogens with zero attached hydrogens (tertiary/aromatic N) is 2. The van der Waals surface area contributed by atoms with E-state index in [1.54, 1.807) is 0 Å². The van der Waals surface area contributed by atoms with Crippen molar-refractivity contribution in [1.29, 1.82) is 0 Å². The van der Waals surface area contributed by atoms with E-state index in [0.29, 0.717) is 19.1 Å². The highest BCUT2D eigenvalue weighted by molar-refractivity contribution is 7.13. The van der Waals surface area contributed by atoms with Crippen LogP contribution in [0.4, 0.5) is 0 Å². The second-order valence-electron chi connectivity index (χ2n) is 6.29. The average molecular weight is 324 g/mol. The Morgan fingerprint density at radius 2 is 2.05 bits per heavy atom. The fraction of sp³-hybridized carbons (Fsp3) is 0.750. The lowest BCUT2D eigenvalue weighted by molar-refractivity contribution is -0.100. The molecule has 2 saturated heterocycles. The van der Waals surface area contributed by atoms with E-state index >= 15 is 0 Å².